The molecule has 1 saturated carbocycles. The Balaban J connectivity index is 2.14. The molecule has 0 bridgehead atoms. The zero-order valence-corrected chi connectivity index (χ0v) is 12.2. The number of nitrogens with zero attached hydrogens (tertiary/aromatic N) is 3. The molecule has 1 aliphatic rings. The van der Waals surface area contributed by atoms with Crippen LogP contribution in [0, 0.1) is 26.9 Å². The van der Waals surface area contributed by atoms with Crippen molar-refractivity contribution in [3.05, 3.63) is 21.6 Å². The molecule has 1 heterocycles. The Morgan fingerprint density at radius 2 is 1.95 bits per heavy atom. The average molecular weight is 285 g/mol. The molecule has 0 aliphatic heterocycles. The highest BCUT2D eigenvalue weighted by Crippen LogP contribution is 2.68. The minimum atomic E-state index is -0.562. The molecule has 6 nitrogen and oxygen atoms in total. The first-order valence-corrected chi connectivity index (χ1v) is 6.46. The standard InChI is InChI=1S/C12H17ClN4O2/c1-11(2)7(12(11,3)4)5-14-10-8(17(18)19)9(13)15-6-16-10/h6-7H,5H2,1-4H3,(H,14,15,16). The van der Waals surface area contributed by atoms with E-state index in [0.29, 0.717) is 12.5 Å². The van der Waals surface area contributed by atoms with Crippen molar-refractivity contribution < 1.29 is 4.92 Å². The Morgan fingerprint density at radius 3 is 2.42 bits per heavy atom. The van der Waals surface area contributed by atoms with Crippen LogP contribution in [0.3, 0.4) is 0 Å². The summed E-state index contributed by atoms with van der Waals surface area (Å²) in [6.07, 6.45) is 1.22. The van der Waals surface area contributed by atoms with E-state index in [9.17, 15) is 10.1 Å². The van der Waals surface area contributed by atoms with Crippen molar-refractivity contribution in [1.29, 1.82) is 0 Å². The summed E-state index contributed by atoms with van der Waals surface area (Å²) in [5, 5.41) is 13.8. The van der Waals surface area contributed by atoms with Crippen molar-refractivity contribution in [2.24, 2.45) is 16.7 Å². The molecule has 104 valence electrons. The van der Waals surface area contributed by atoms with Crippen LogP contribution in [-0.4, -0.2) is 21.4 Å². The molecule has 1 fully saturated rings. The summed E-state index contributed by atoms with van der Waals surface area (Å²) in [7, 11) is 0. The predicted octanol–water partition coefficient (Wildman–Crippen LogP) is 3.13. The van der Waals surface area contributed by atoms with E-state index in [4.69, 9.17) is 11.6 Å². The van der Waals surface area contributed by atoms with Gasteiger partial charge in [-0.15, -0.1) is 0 Å². The van der Waals surface area contributed by atoms with Crippen molar-refractivity contribution in [2.45, 2.75) is 27.7 Å². The highest BCUT2D eigenvalue weighted by atomic mass is 35.5. The summed E-state index contributed by atoms with van der Waals surface area (Å²) < 4.78 is 0. The summed E-state index contributed by atoms with van der Waals surface area (Å²) in [5.74, 6) is 0.622. The lowest BCUT2D eigenvalue weighted by atomic mass is 10.0. The van der Waals surface area contributed by atoms with E-state index in [1.54, 1.807) is 0 Å². The minimum absolute atomic E-state index is 0.142. The average Bonchev–Trinajstić information content (AvgIpc) is 2.66. The van der Waals surface area contributed by atoms with Crippen LogP contribution < -0.4 is 5.32 Å². The van der Waals surface area contributed by atoms with Gasteiger partial charge in [0.1, 0.15) is 6.33 Å². The first-order valence-electron chi connectivity index (χ1n) is 6.08. The number of hydrogen-bond acceptors (Lipinski definition) is 5. The second-order valence-corrected chi connectivity index (χ2v) is 6.35. The number of rotatable bonds is 4. The van der Waals surface area contributed by atoms with E-state index < -0.39 is 4.92 Å². The minimum Gasteiger partial charge on any atom is -0.364 e. The summed E-state index contributed by atoms with van der Waals surface area (Å²) in [4.78, 5) is 17.9. The second-order valence-electron chi connectivity index (χ2n) is 6.00. The van der Waals surface area contributed by atoms with E-state index in [2.05, 4.69) is 43.0 Å². The molecule has 0 unspecified atom stereocenters. The molecule has 1 N–H and O–H groups in total. The van der Waals surface area contributed by atoms with Gasteiger partial charge in [0.2, 0.25) is 11.0 Å². The van der Waals surface area contributed by atoms with Crippen LogP contribution in [0.1, 0.15) is 27.7 Å². The first-order chi connectivity index (χ1) is 8.69. The lowest BCUT2D eigenvalue weighted by Crippen LogP contribution is -2.11. The summed E-state index contributed by atoms with van der Waals surface area (Å²) in [6, 6.07) is 0. The van der Waals surface area contributed by atoms with Gasteiger partial charge in [0.15, 0.2) is 0 Å². The van der Waals surface area contributed by atoms with Crippen molar-refractivity contribution in [3.63, 3.8) is 0 Å². The van der Waals surface area contributed by atoms with Gasteiger partial charge in [-0.2, -0.15) is 0 Å². The number of nitro groups is 1. The van der Waals surface area contributed by atoms with E-state index >= 15 is 0 Å². The van der Waals surface area contributed by atoms with Crippen LogP contribution in [0.4, 0.5) is 11.5 Å². The number of halogens is 1. The molecule has 0 spiro atoms. The maximum Gasteiger partial charge on any atom is 0.348 e. The third kappa shape index (κ3) is 2.14. The smallest absolute Gasteiger partial charge is 0.348 e. The Bertz CT molecular complexity index is 516. The highest BCUT2D eigenvalue weighted by molar-refractivity contribution is 6.31. The van der Waals surface area contributed by atoms with Crippen LogP contribution >= 0.6 is 11.6 Å². The maximum atomic E-state index is 11.0. The highest BCUT2D eigenvalue weighted by Gasteiger charge is 2.64. The molecule has 2 rings (SSSR count). The largest absolute Gasteiger partial charge is 0.364 e. The SMILES string of the molecule is CC1(C)C(CNc2ncnc(Cl)c2[N+](=O)[O-])C1(C)C. The number of aromatic nitrogens is 2. The van der Waals surface area contributed by atoms with Crippen LogP contribution in [-0.2, 0) is 0 Å². The molecule has 0 radical (unpaired) electrons. The van der Waals surface area contributed by atoms with E-state index in [1.165, 1.54) is 6.33 Å². The van der Waals surface area contributed by atoms with E-state index in [0.717, 1.165) is 0 Å². The van der Waals surface area contributed by atoms with Gasteiger partial charge < -0.3 is 5.32 Å². The van der Waals surface area contributed by atoms with Gasteiger partial charge in [-0.05, 0) is 16.7 Å². The number of nitrogens with one attached hydrogen (secondary N) is 1. The fraction of sp³-hybridized carbons (Fsp3) is 0.667. The lowest BCUT2D eigenvalue weighted by Gasteiger charge is -2.07. The molecule has 7 heteroatoms. The van der Waals surface area contributed by atoms with Gasteiger partial charge in [0.25, 0.3) is 0 Å². The molecule has 0 atom stereocenters. The molecule has 19 heavy (non-hydrogen) atoms. The topological polar surface area (TPSA) is 81.0 Å². The molecular formula is C12H17ClN4O2. The predicted molar refractivity (Wildman–Crippen MR) is 73.2 cm³/mol. The third-order valence-electron chi connectivity index (χ3n) is 4.75. The Kier molecular flexibility index (Phi) is 3.16. The summed E-state index contributed by atoms with van der Waals surface area (Å²) >= 11 is 5.73. The molecule has 1 aromatic heterocycles. The fourth-order valence-corrected chi connectivity index (χ4v) is 2.89. The van der Waals surface area contributed by atoms with E-state index in [1.807, 2.05) is 0 Å². The molecule has 1 aliphatic carbocycles. The molecule has 0 saturated heterocycles. The van der Waals surface area contributed by atoms with Crippen molar-refractivity contribution >= 4 is 23.1 Å². The van der Waals surface area contributed by atoms with Gasteiger partial charge in [-0.1, -0.05) is 39.3 Å². The zero-order valence-electron chi connectivity index (χ0n) is 11.4. The fourth-order valence-electron chi connectivity index (χ4n) is 2.69. The van der Waals surface area contributed by atoms with Gasteiger partial charge in [0.05, 0.1) is 4.92 Å². The maximum absolute atomic E-state index is 11.0. The molecular weight excluding hydrogens is 268 g/mol. The summed E-state index contributed by atoms with van der Waals surface area (Å²) in [6.45, 7) is 9.41. The monoisotopic (exact) mass is 284 g/mol. The van der Waals surface area contributed by atoms with Crippen LogP contribution in [0.15, 0.2) is 6.33 Å². The number of anilines is 1. The van der Waals surface area contributed by atoms with Gasteiger partial charge in [-0.3, -0.25) is 10.1 Å². The third-order valence-corrected chi connectivity index (χ3v) is 5.03. The Labute approximate surface area is 116 Å². The van der Waals surface area contributed by atoms with Gasteiger partial charge in [-0.25, -0.2) is 9.97 Å². The van der Waals surface area contributed by atoms with Crippen LogP contribution in [0.2, 0.25) is 5.15 Å². The first kappa shape index (κ1) is 14.0. The lowest BCUT2D eigenvalue weighted by molar-refractivity contribution is -0.384. The van der Waals surface area contributed by atoms with Crippen molar-refractivity contribution in [3.8, 4) is 0 Å². The van der Waals surface area contributed by atoms with E-state index in [-0.39, 0.29) is 27.5 Å². The van der Waals surface area contributed by atoms with Crippen molar-refractivity contribution in [2.75, 3.05) is 11.9 Å². The Morgan fingerprint density at radius 1 is 1.37 bits per heavy atom. The van der Waals surface area contributed by atoms with Crippen LogP contribution in [0.25, 0.3) is 0 Å². The molecule has 0 aromatic carbocycles. The van der Waals surface area contributed by atoms with Gasteiger partial charge >= 0.3 is 5.69 Å². The second kappa shape index (κ2) is 4.30. The Hall–Kier alpha value is -1.43. The summed E-state index contributed by atoms with van der Waals surface area (Å²) in [5.41, 5.74) is 0.164. The molecule has 0 amide bonds. The van der Waals surface area contributed by atoms with Gasteiger partial charge in [0, 0.05) is 6.54 Å². The quantitative estimate of drug-likeness (QED) is 0.522. The van der Waals surface area contributed by atoms with Crippen LogP contribution in [0.5, 0.6) is 0 Å². The zero-order chi connectivity index (χ0) is 14.4. The normalized spacial score (nSPS) is 20.1. The molecule has 1 aromatic rings. The van der Waals surface area contributed by atoms with Crippen molar-refractivity contribution in [1.82, 2.24) is 9.97 Å². The number of hydrogen-bond donors (Lipinski definition) is 1.